The average molecular weight is 452 g/mol. The van der Waals surface area contributed by atoms with Crippen molar-refractivity contribution >= 4 is 26.8 Å². The lowest BCUT2D eigenvalue weighted by Gasteiger charge is -2.38. The predicted octanol–water partition coefficient (Wildman–Crippen LogP) is 1.68. The second kappa shape index (κ2) is 7.84. The molecule has 1 fully saturated rings. The van der Waals surface area contributed by atoms with Crippen molar-refractivity contribution in [3.63, 3.8) is 0 Å². The van der Waals surface area contributed by atoms with Crippen LogP contribution in [0.3, 0.4) is 0 Å². The number of carbonyl (C=O) groups is 1. The van der Waals surface area contributed by atoms with Crippen LogP contribution in [0.4, 0.5) is 0 Å². The van der Waals surface area contributed by atoms with Gasteiger partial charge in [0.05, 0.1) is 5.52 Å². The zero-order valence-corrected chi connectivity index (χ0v) is 18.1. The molecule has 164 valence electrons. The fourth-order valence-electron chi connectivity index (χ4n) is 4.09. The van der Waals surface area contributed by atoms with E-state index >= 15 is 0 Å². The number of fused-ring (bicyclic) bond motifs is 1. The Labute approximate surface area is 184 Å². The molecule has 32 heavy (non-hydrogen) atoms. The van der Waals surface area contributed by atoms with Crippen molar-refractivity contribution in [2.45, 2.75) is 17.9 Å². The number of amides is 1. The average Bonchev–Trinajstić information content (AvgIpc) is 3.49. The Hall–Kier alpha value is -3.57. The quantitative estimate of drug-likeness (QED) is 0.505. The maximum Gasteiger partial charge on any atom is 0.253 e. The monoisotopic (exact) mass is 451 g/mol. The van der Waals surface area contributed by atoms with Gasteiger partial charge in [-0.25, -0.2) is 23.1 Å². The van der Waals surface area contributed by atoms with E-state index in [-0.39, 0.29) is 23.4 Å². The Morgan fingerprint density at radius 1 is 1.16 bits per heavy atom. The van der Waals surface area contributed by atoms with Crippen molar-refractivity contribution in [3.8, 4) is 5.82 Å². The summed E-state index contributed by atoms with van der Waals surface area (Å²) in [6.07, 6.45) is 5.92. The molecular weight excluding hydrogens is 430 g/mol. The Bertz CT molecular complexity index is 1370. The summed E-state index contributed by atoms with van der Waals surface area (Å²) < 4.78 is 30.1. The van der Waals surface area contributed by atoms with E-state index < -0.39 is 10.0 Å². The fourth-order valence-corrected chi connectivity index (χ4v) is 5.86. The number of carbonyl (C=O) groups excluding carboxylic acids is 1. The second-order valence-electron chi connectivity index (χ2n) is 7.63. The molecule has 1 N–H and O–H groups in total. The number of pyridine rings is 1. The van der Waals surface area contributed by atoms with Gasteiger partial charge in [-0.3, -0.25) is 4.79 Å². The van der Waals surface area contributed by atoms with Crippen molar-refractivity contribution < 1.29 is 13.2 Å². The summed E-state index contributed by atoms with van der Waals surface area (Å²) in [6.45, 7) is 2.68. The van der Waals surface area contributed by atoms with Crippen LogP contribution in [0.25, 0.3) is 16.7 Å². The molecule has 0 spiro atoms. The summed E-state index contributed by atoms with van der Waals surface area (Å²) in [6, 6.07) is 10.3. The number of hydrogen-bond acceptors (Lipinski definition) is 6. The molecule has 11 heteroatoms. The van der Waals surface area contributed by atoms with E-state index in [1.165, 1.54) is 27.8 Å². The highest BCUT2D eigenvalue weighted by atomic mass is 32.2. The van der Waals surface area contributed by atoms with Gasteiger partial charge < -0.3 is 9.88 Å². The first-order valence-electron chi connectivity index (χ1n) is 10.1. The first-order chi connectivity index (χ1) is 15.5. The van der Waals surface area contributed by atoms with Gasteiger partial charge in [-0.2, -0.15) is 9.40 Å². The van der Waals surface area contributed by atoms with Gasteiger partial charge in [0.2, 0.25) is 10.0 Å². The molecule has 10 nitrogen and oxygen atoms in total. The van der Waals surface area contributed by atoms with E-state index in [9.17, 15) is 13.2 Å². The number of nitrogens with zero attached hydrogens (tertiary/aromatic N) is 6. The number of nitrogens with one attached hydrogen (secondary N) is 1. The van der Waals surface area contributed by atoms with E-state index in [1.807, 2.05) is 25.1 Å². The number of aromatic amines is 1. The van der Waals surface area contributed by atoms with Crippen LogP contribution >= 0.6 is 0 Å². The molecule has 1 aliphatic heterocycles. The molecule has 0 unspecified atom stereocenters. The number of piperazine rings is 1. The minimum atomic E-state index is -3.80. The van der Waals surface area contributed by atoms with Gasteiger partial charge in [-0.05, 0) is 25.1 Å². The third-order valence-corrected chi connectivity index (χ3v) is 7.69. The van der Waals surface area contributed by atoms with Crippen molar-refractivity contribution in [1.29, 1.82) is 0 Å². The lowest BCUT2D eigenvalue weighted by atomic mass is 10.1. The first kappa shape index (κ1) is 20.3. The minimum absolute atomic E-state index is 0.0925. The Morgan fingerprint density at radius 2 is 1.97 bits per heavy atom. The maximum absolute atomic E-state index is 13.6. The molecule has 3 aromatic heterocycles. The van der Waals surface area contributed by atoms with Crippen LogP contribution in [0.2, 0.25) is 0 Å². The van der Waals surface area contributed by atoms with Gasteiger partial charge in [0.15, 0.2) is 5.82 Å². The molecule has 4 aromatic rings. The molecule has 0 radical (unpaired) electrons. The molecule has 1 amide bonds. The maximum atomic E-state index is 13.6. The summed E-state index contributed by atoms with van der Waals surface area (Å²) in [7, 11) is -3.80. The number of hydrogen-bond donors (Lipinski definition) is 1. The molecule has 1 aromatic carbocycles. The number of rotatable bonds is 4. The van der Waals surface area contributed by atoms with Gasteiger partial charge in [-0.1, -0.05) is 18.2 Å². The molecule has 4 heterocycles. The van der Waals surface area contributed by atoms with Gasteiger partial charge in [0, 0.05) is 49.0 Å². The molecule has 1 atom stereocenters. The zero-order chi connectivity index (χ0) is 22.3. The first-order valence-corrected chi connectivity index (χ1v) is 11.6. The zero-order valence-electron chi connectivity index (χ0n) is 17.3. The molecule has 1 aliphatic rings. The highest BCUT2D eigenvalue weighted by Gasteiger charge is 2.36. The van der Waals surface area contributed by atoms with Gasteiger partial charge >= 0.3 is 0 Å². The highest BCUT2D eigenvalue weighted by molar-refractivity contribution is 7.89. The van der Waals surface area contributed by atoms with Crippen LogP contribution in [-0.2, 0) is 10.0 Å². The molecule has 1 saturated heterocycles. The van der Waals surface area contributed by atoms with E-state index in [1.54, 1.807) is 29.3 Å². The van der Waals surface area contributed by atoms with Crippen molar-refractivity contribution in [3.05, 3.63) is 67.0 Å². The van der Waals surface area contributed by atoms with Crippen molar-refractivity contribution in [1.82, 2.24) is 33.9 Å². The number of benzene rings is 1. The number of sulfonamides is 1. The highest BCUT2D eigenvalue weighted by Crippen LogP contribution is 2.30. The van der Waals surface area contributed by atoms with E-state index in [0.717, 1.165) is 0 Å². The molecular formula is C21H21N7O3S. The summed E-state index contributed by atoms with van der Waals surface area (Å²) in [5, 5.41) is 4.61. The molecule has 5 rings (SSSR count). The van der Waals surface area contributed by atoms with Gasteiger partial charge in [-0.15, -0.1) is 0 Å². The predicted molar refractivity (Wildman–Crippen MR) is 117 cm³/mol. The molecule has 0 saturated carbocycles. The third-order valence-electron chi connectivity index (χ3n) is 5.64. The smallest absolute Gasteiger partial charge is 0.253 e. The standard InChI is InChI=1S/C21H21N7O3S/c1-15-12-26(21(29)16-5-3-2-4-6-16)9-10-28(15)32(30,31)18-11-24-19-17(18)7-8-23-20(19)27-14-22-13-25-27/h2-8,11,13-15,24H,9-10,12H2,1H3/t15-/m0/s1. The lowest BCUT2D eigenvalue weighted by molar-refractivity contribution is 0.0642. The SMILES string of the molecule is C[C@H]1CN(C(=O)c2ccccc2)CCN1S(=O)(=O)c1c[nH]c2c(-n3cncn3)nccc12. The van der Waals surface area contributed by atoms with Crippen molar-refractivity contribution in [2.75, 3.05) is 19.6 Å². The Morgan fingerprint density at radius 3 is 2.69 bits per heavy atom. The van der Waals surface area contributed by atoms with Crippen LogP contribution < -0.4 is 0 Å². The van der Waals surface area contributed by atoms with Gasteiger partial charge in [0.1, 0.15) is 17.6 Å². The van der Waals surface area contributed by atoms with Gasteiger partial charge in [0.25, 0.3) is 5.91 Å². The van der Waals surface area contributed by atoms with E-state index in [0.29, 0.717) is 35.4 Å². The lowest BCUT2D eigenvalue weighted by Crippen LogP contribution is -2.55. The number of aromatic nitrogens is 5. The summed E-state index contributed by atoms with van der Waals surface area (Å²) in [5.74, 6) is 0.373. The largest absolute Gasteiger partial charge is 0.357 e. The minimum Gasteiger partial charge on any atom is -0.357 e. The van der Waals surface area contributed by atoms with Crippen LogP contribution in [0.5, 0.6) is 0 Å². The Balaban J connectivity index is 1.43. The number of H-pyrrole nitrogens is 1. The van der Waals surface area contributed by atoms with Crippen LogP contribution in [-0.4, -0.2) is 73.9 Å². The summed E-state index contributed by atoms with van der Waals surface area (Å²) in [5.41, 5.74) is 1.16. The third kappa shape index (κ3) is 3.35. The summed E-state index contributed by atoms with van der Waals surface area (Å²) in [4.78, 5) is 25.9. The van der Waals surface area contributed by atoms with Crippen molar-refractivity contribution in [2.24, 2.45) is 0 Å². The Kier molecular flexibility index (Phi) is 4.98. The molecule has 0 bridgehead atoms. The molecule has 0 aliphatic carbocycles. The summed E-state index contributed by atoms with van der Waals surface area (Å²) >= 11 is 0. The normalized spacial score (nSPS) is 17.7. The van der Waals surface area contributed by atoms with Crippen LogP contribution in [0.1, 0.15) is 17.3 Å². The van der Waals surface area contributed by atoms with E-state index in [4.69, 9.17) is 0 Å². The topological polar surface area (TPSA) is 117 Å². The second-order valence-corrected chi connectivity index (χ2v) is 9.49. The van der Waals surface area contributed by atoms with Crippen LogP contribution in [0, 0.1) is 0 Å². The van der Waals surface area contributed by atoms with Crippen LogP contribution in [0.15, 0.2) is 66.3 Å². The van der Waals surface area contributed by atoms with E-state index in [2.05, 4.69) is 20.1 Å². The fraction of sp³-hybridized carbons (Fsp3) is 0.238.